The molecule has 2 aromatic carbocycles. The van der Waals surface area contributed by atoms with Gasteiger partial charge in [-0.15, -0.1) is 11.3 Å². The van der Waals surface area contributed by atoms with Crippen molar-refractivity contribution in [2.24, 2.45) is 0 Å². The van der Waals surface area contributed by atoms with E-state index < -0.39 is 6.04 Å². The Kier molecular flexibility index (Phi) is 7.92. The molecule has 35 heavy (non-hydrogen) atoms. The number of rotatable bonds is 9. The summed E-state index contributed by atoms with van der Waals surface area (Å²) in [6.45, 7) is 0.258. The molecule has 7 nitrogen and oxygen atoms in total. The fourth-order valence-corrected chi connectivity index (χ4v) is 5.17. The van der Waals surface area contributed by atoms with Gasteiger partial charge in [0.1, 0.15) is 11.8 Å². The average molecular weight is 495 g/mol. The Morgan fingerprint density at radius 1 is 1.06 bits per heavy atom. The van der Waals surface area contributed by atoms with Crippen LogP contribution in [0.15, 0.2) is 60.0 Å². The molecule has 0 spiro atoms. The molecule has 0 bridgehead atoms. The van der Waals surface area contributed by atoms with Crippen LogP contribution in [-0.4, -0.2) is 42.1 Å². The van der Waals surface area contributed by atoms with Gasteiger partial charge in [-0.05, 0) is 60.2 Å². The lowest BCUT2D eigenvalue weighted by Gasteiger charge is -2.32. The van der Waals surface area contributed by atoms with Crippen LogP contribution >= 0.6 is 11.3 Å². The van der Waals surface area contributed by atoms with Crippen molar-refractivity contribution in [3.63, 3.8) is 0 Å². The minimum atomic E-state index is -0.876. The first-order valence-electron chi connectivity index (χ1n) is 11.6. The molecule has 1 fully saturated rings. The topological polar surface area (TPSA) is 88.1 Å². The molecule has 0 unspecified atom stereocenters. The zero-order valence-corrected chi connectivity index (χ0v) is 20.7. The first kappa shape index (κ1) is 24.6. The summed E-state index contributed by atoms with van der Waals surface area (Å²) >= 11 is 1.53. The van der Waals surface area contributed by atoms with Crippen molar-refractivity contribution in [1.29, 1.82) is 0 Å². The number of ether oxygens (including phenoxy) is 2. The second kappa shape index (κ2) is 11.3. The lowest BCUT2D eigenvalue weighted by atomic mass is 10.0. The van der Waals surface area contributed by atoms with E-state index in [9.17, 15) is 14.7 Å². The molecule has 1 aliphatic rings. The molecular weight excluding hydrogens is 464 g/mol. The summed E-state index contributed by atoms with van der Waals surface area (Å²) in [5.41, 5.74) is 1.01. The molecule has 0 saturated heterocycles. The van der Waals surface area contributed by atoms with Gasteiger partial charge in [-0.1, -0.05) is 31.0 Å². The first-order chi connectivity index (χ1) is 17.0. The average Bonchev–Trinajstić information content (AvgIpc) is 3.58. The minimum Gasteiger partial charge on any atom is -0.508 e. The number of carbonyl (C=O) groups excluding carboxylic acids is 2. The highest BCUT2D eigenvalue weighted by Crippen LogP contribution is 2.32. The number of amides is 2. The molecule has 1 heterocycles. The molecule has 1 atom stereocenters. The van der Waals surface area contributed by atoms with Gasteiger partial charge >= 0.3 is 0 Å². The second-order valence-corrected chi connectivity index (χ2v) is 9.60. The van der Waals surface area contributed by atoms with Gasteiger partial charge < -0.3 is 24.8 Å². The van der Waals surface area contributed by atoms with E-state index >= 15 is 0 Å². The quantitative estimate of drug-likeness (QED) is 0.441. The van der Waals surface area contributed by atoms with E-state index in [2.05, 4.69) is 5.32 Å². The van der Waals surface area contributed by atoms with E-state index in [1.54, 1.807) is 35.2 Å². The number of thiophene rings is 1. The number of nitrogens with one attached hydrogen (secondary N) is 1. The number of carbonyl (C=O) groups is 2. The van der Waals surface area contributed by atoms with Gasteiger partial charge in [0.05, 0.1) is 20.8 Å². The fraction of sp³-hybridized carbons (Fsp3) is 0.333. The Morgan fingerprint density at radius 2 is 1.77 bits per heavy atom. The van der Waals surface area contributed by atoms with Crippen molar-refractivity contribution in [2.75, 3.05) is 14.2 Å². The van der Waals surface area contributed by atoms with Crippen molar-refractivity contribution < 1.29 is 24.2 Å². The fourth-order valence-electron chi connectivity index (χ4n) is 4.47. The number of phenols is 1. The summed E-state index contributed by atoms with van der Waals surface area (Å²) in [5, 5.41) is 15.0. The predicted octanol–water partition coefficient (Wildman–Crippen LogP) is 4.91. The van der Waals surface area contributed by atoms with Crippen LogP contribution in [0.3, 0.4) is 0 Å². The SMILES string of the molecule is COc1ccc(C(=O)N(Cc2cccs2)[C@@H](C(=O)NC2CCCC2)c2ccc(O)cc2)cc1OC. The molecule has 3 aromatic rings. The molecular formula is C27H30N2O5S. The third-order valence-electron chi connectivity index (χ3n) is 6.27. The van der Waals surface area contributed by atoms with Gasteiger partial charge in [-0.3, -0.25) is 9.59 Å². The summed E-state index contributed by atoms with van der Waals surface area (Å²) in [5.74, 6) is 0.514. The van der Waals surface area contributed by atoms with E-state index in [1.807, 2.05) is 17.5 Å². The molecule has 1 aromatic heterocycles. The van der Waals surface area contributed by atoms with E-state index in [4.69, 9.17) is 9.47 Å². The Balaban J connectivity index is 1.75. The third kappa shape index (κ3) is 5.77. The molecule has 4 rings (SSSR count). The minimum absolute atomic E-state index is 0.0970. The molecule has 2 N–H and O–H groups in total. The zero-order valence-electron chi connectivity index (χ0n) is 19.9. The highest BCUT2D eigenvalue weighted by molar-refractivity contribution is 7.09. The van der Waals surface area contributed by atoms with Crippen molar-refractivity contribution in [3.8, 4) is 17.2 Å². The van der Waals surface area contributed by atoms with Crippen LogP contribution in [0, 0.1) is 0 Å². The smallest absolute Gasteiger partial charge is 0.255 e. The zero-order chi connectivity index (χ0) is 24.8. The van der Waals surface area contributed by atoms with Crippen LogP contribution in [0.4, 0.5) is 0 Å². The maximum atomic E-state index is 14.0. The number of hydrogen-bond donors (Lipinski definition) is 2. The van der Waals surface area contributed by atoms with Crippen LogP contribution in [0.2, 0.25) is 0 Å². The van der Waals surface area contributed by atoms with Gasteiger partial charge in [0.25, 0.3) is 5.91 Å². The van der Waals surface area contributed by atoms with Crippen LogP contribution < -0.4 is 14.8 Å². The molecule has 1 saturated carbocycles. The lowest BCUT2D eigenvalue weighted by molar-refractivity contribution is -0.126. The van der Waals surface area contributed by atoms with Crippen molar-refractivity contribution >= 4 is 23.2 Å². The van der Waals surface area contributed by atoms with Crippen molar-refractivity contribution in [3.05, 3.63) is 76.0 Å². The number of benzene rings is 2. The summed E-state index contributed by atoms with van der Waals surface area (Å²) in [7, 11) is 3.06. The maximum Gasteiger partial charge on any atom is 0.255 e. The standard InChI is InChI=1S/C27H30N2O5S/c1-33-23-14-11-19(16-24(23)34-2)27(32)29(17-22-8-5-15-35-22)25(18-9-12-21(30)13-10-18)26(31)28-20-6-3-4-7-20/h5,8-16,20,25,30H,3-4,6-7,17H2,1-2H3,(H,28,31)/t25-/m1/s1. The highest BCUT2D eigenvalue weighted by Gasteiger charge is 2.34. The Morgan fingerprint density at radius 3 is 2.40 bits per heavy atom. The molecule has 1 aliphatic carbocycles. The first-order valence-corrected chi connectivity index (χ1v) is 12.5. The molecule has 184 valence electrons. The molecule has 2 amide bonds. The normalized spacial score (nSPS) is 14.3. The van der Waals surface area contributed by atoms with Gasteiger partial charge in [0.2, 0.25) is 5.91 Å². The Labute approximate surface area is 209 Å². The van der Waals surface area contributed by atoms with Gasteiger partial charge in [0.15, 0.2) is 11.5 Å². The summed E-state index contributed by atoms with van der Waals surface area (Å²) in [6.07, 6.45) is 4.03. The van der Waals surface area contributed by atoms with Crippen LogP contribution in [0.1, 0.15) is 52.5 Å². The second-order valence-electron chi connectivity index (χ2n) is 8.57. The van der Waals surface area contributed by atoms with E-state index in [0.29, 0.717) is 22.6 Å². The van der Waals surface area contributed by atoms with Gasteiger partial charge in [0, 0.05) is 16.5 Å². The van der Waals surface area contributed by atoms with E-state index in [-0.39, 0.29) is 30.2 Å². The van der Waals surface area contributed by atoms with Crippen LogP contribution in [0.5, 0.6) is 17.2 Å². The summed E-state index contributed by atoms with van der Waals surface area (Å²) < 4.78 is 10.7. The van der Waals surface area contributed by atoms with Crippen molar-refractivity contribution in [1.82, 2.24) is 10.2 Å². The van der Waals surface area contributed by atoms with Crippen LogP contribution in [-0.2, 0) is 11.3 Å². The summed E-state index contributed by atoms with van der Waals surface area (Å²) in [6, 6.07) is 14.5. The number of nitrogens with zero attached hydrogens (tertiary/aromatic N) is 1. The van der Waals surface area contributed by atoms with E-state index in [1.165, 1.54) is 37.7 Å². The van der Waals surface area contributed by atoms with Gasteiger partial charge in [-0.25, -0.2) is 0 Å². The lowest BCUT2D eigenvalue weighted by Crippen LogP contribution is -2.45. The maximum absolute atomic E-state index is 14.0. The number of phenolic OH excluding ortho intramolecular Hbond substituents is 1. The van der Waals surface area contributed by atoms with E-state index in [0.717, 1.165) is 30.6 Å². The largest absolute Gasteiger partial charge is 0.508 e. The highest BCUT2D eigenvalue weighted by atomic mass is 32.1. The monoisotopic (exact) mass is 494 g/mol. The molecule has 8 heteroatoms. The third-order valence-corrected chi connectivity index (χ3v) is 7.13. The van der Waals surface area contributed by atoms with Crippen LogP contribution in [0.25, 0.3) is 0 Å². The predicted molar refractivity (Wildman–Crippen MR) is 135 cm³/mol. The van der Waals surface area contributed by atoms with Gasteiger partial charge in [-0.2, -0.15) is 0 Å². The van der Waals surface area contributed by atoms with Crippen molar-refractivity contribution in [2.45, 2.75) is 44.3 Å². The Bertz CT molecular complexity index is 1140. The Hall–Kier alpha value is -3.52. The molecule has 0 radical (unpaired) electrons. The molecule has 0 aliphatic heterocycles. The number of hydrogen-bond acceptors (Lipinski definition) is 6. The number of methoxy groups -OCH3 is 2. The summed E-state index contributed by atoms with van der Waals surface area (Å²) in [4.78, 5) is 30.2. The number of aromatic hydroxyl groups is 1.